The van der Waals surface area contributed by atoms with Crippen LogP contribution in [0.1, 0.15) is 11.1 Å². The molecule has 0 spiro atoms. The van der Waals surface area contributed by atoms with E-state index in [1.165, 1.54) is 66.2 Å². The van der Waals surface area contributed by atoms with Gasteiger partial charge in [-0.2, -0.15) is 0 Å². The molecular formula is C37H26N2. The van der Waals surface area contributed by atoms with Crippen molar-refractivity contribution in [3.8, 4) is 11.1 Å². The average molecular weight is 499 g/mol. The van der Waals surface area contributed by atoms with Crippen molar-refractivity contribution in [1.29, 1.82) is 0 Å². The molecule has 6 aromatic carbocycles. The minimum absolute atomic E-state index is 1.02. The standard InChI is InChI=1S/C37H26N2/c1-4-14-28-25(10-1)13-9-17-29(28)36-30-15-5-6-16-32(30)37(33-24-38-23-22-31(33)36)39-34-18-7-2-11-26(34)20-21-27-12-3-8-19-35(27)39/h1-19,22-24H,20-21H2. The monoisotopic (exact) mass is 498 g/mol. The lowest BCUT2D eigenvalue weighted by molar-refractivity contribution is 0.977. The second-order valence-corrected chi connectivity index (χ2v) is 10.3. The molecule has 0 bridgehead atoms. The summed E-state index contributed by atoms with van der Waals surface area (Å²) in [4.78, 5) is 7.18. The largest absolute Gasteiger partial charge is 0.309 e. The minimum Gasteiger partial charge on any atom is -0.309 e. The van der Waals surface area contributed by atoms with E-state index in [4.69, 9.17) is 0 Å². The van der Waals surface area contributed by atoms with Gasteiger partial charge in [-0.1, -0.05) is 103 Å². The summed E-state index contributed by atoms with van der Waals surface area (Å²) in [7, 11) is 0. The second kappa shape index (κ2) is 8.82. The molecule has 0 fully saturated rings. The van der Waals surface area contributed by atoms with Gasteiger partial charge < -0.3 is 4.90 Å². The fraction of sp³-hybridized carbons (Fsp3) is 0.0541. The maximum absolute atomic E-state index is 4.68. The number of fused-ring (bicyclic) bond motifs is 5. The molecule has 0 atom stereocenters. The highest BCUT2D eigenvalue weighted by Crippen LogP contribution is 2.50. The van der Waals surface area contributed by atoms with E-state index in [1.54, 1.807) is 0 Å². The third-order valence-corrected chi connectivity index (χ3v) is 8.21. The van der Waals surface area contributed by atoms with Gasteiger partial charge in [-0.25, -0.2) is 0 Å². The van der Waals surface area contributed by atoms with Gasteiger partial charge in [0.05, 0.1) is 5.69 Å². The number of nitrogens with zero attached hydrogens (tertiary/aromatic N) is 2. The zero-order valence-corrected chi connectivity index (χ0v) is 21.5. The van der Waals surface area contributed by atoms with Gasteiger partial charge in [-0.15, -0.1) is 0 Å². The van der Waals surface area contributed by atoms with Crippen LogP contribution in [0.4, 0.5) is 17.1 Å². The molecule has 0 unspecified atom stereocenters. The molecule has 0 saturated heterocycles. The van der Waals surface area contributed by atoms with Crippen LogP contribution in [-0.2, 0) is 12.8 Å². The molecule has 2 heterocycles. The lowest BCUT2D eigenvalue weighted by Gasteiger charge is -2.30. The van der Waals surface area contributed by atoms with Gasteiger partial charge in [-0.05, 0) is 74.8 Å². The number of hydrogen-bond acceptors (Lipinski definition) is 2. The molecule has 0 amide bonds. The quantitative estimate of drug-likeness (QED) is 0.221. The number of rotatable bonds is 2. The third-order valence-electron chi connectivity index (χ3n) is 8.21. The number of anilines is 3. The fourth-order valence-electron chi connectivity index (χ4n) is 6.49. The maximum Gasteiger partial charge on any atom is 0.0634 e. The van der Waals surface area contributed by atoms with E-state index in [-0.39, 0.29) is 0 Å². The van der Waals surface area contributed by atoms with E-state index in [2.05, 4.69) is 137 Å². The molecule has 1 aromatic heterocycles. The lowest BCUT2D eigenvalue weighted by atomic mass is 9.88. The van der Waals surface area contributed by atoms with Crippen LogP contribution in [0.15, 0.2) is 134 Å². The van der Waals surface area contributed by atoms with Crippen molar-refractivity contribution in [1.82, 2.24) is 4.98 Å². The van der Waals surface area contributed by atoms with Crippen molar-refractivity contribution in [2.75, 3.05) is 4.90 Å². The first kappa shape index (κ1) is 22.1. The van der Waals surface area contributed by atoms with Crippen LogP contribution in [0.2, 0.25) is 0 Å². The minimum atomic E-state index is 1.02. The molecule has 0 radical (unpaired) electrons. The third kappa shape index (κ3) is 3.38. The smallest absolute Gasteiger partial charge is 0.0634 e. The summed E-state index contributed by atoms with van der Waals surface area (Å²) in [5.74, 6) is 0. The first-order valence-corrected chi connectivity index (χ1v) is 13.6. The van der Waals surface area contributed by atoms with Crippen LogP contribution >= 0.6 is 0 Å². The van der Waals surface area contributed by atoms with Crippen molar-refractivity contribution in [2.24, 2.45) is 0 Å². The van der Waals surface area contributed by atoms with Gasteiger partial charge >= 0.3 is 0 Å². The molecule has 8 rings (SSSR count). The van der Waals surface area contributed by atoms with Crippen LogP contribution in [0.25, 0.3) is 43.4 Å². The second-order valence-electron chi connectivity index (χ2n) is 10.3. The van der Waals surface area contributed by atoms with Gasteiger partial charge in [-0.3, -0.25) is 4.98 Å². The van der Waals surface area contributed by atoms with Crippen molar-refractivity contribution in [2.45, 2.75) is 12.8 Å². The predicted molar refractivity (Wildman–Crippen MR) is 164 cm³/mol. The number of aryl methyl sites for hydroxylation is 2. The van der Waals surface area contributed by atoms with Crippen molar-refractivity contribution in [3.05, 3.63) is 145 Å². The summed E-state index contributed by atoms with van der Waals surface area (Å²) in [6.07, 6.45) is 6.03. The summed E-state index contributed by atoms with van der Waals surface area (Å²) in [6.45, 7) is 0. The van der Waals surface area contributed by atoms with Gasteiger partial charge in [0.15, 0.2) is 0 Å². The highest BCUT2D eigenvalue weighted by molar-refractivity contribution is 6.24. The van der Waals surface area contributed by atoms with E-state index in [1.807, 2.05) is 6.20 Å². The van der Waals surface area contributed by atoms with Crippen LogP contribution < -0.4 is 4.90 Å². The van der Waals surface area contributed by atoms with Crippen LogP contribution in [-0.4, -0.2) is 4.98 Å². The van der Waals surface area contributed by atoms with Gasteiger partial charge in [0.1, 0.15) is 0 Å². The molecule has 39 heavy (non-hydrogen) atoms. The molecule has 0 saturated carbocycles. The summed E-state index contributed by atoms with van der Waals surface area (Å²) < 4.78 is 0. The van der Waals surface area contributed by atoms with Crippen molar-refractivity contribution in [3.63, 3.8) is 0 Å². The van der Waals surface area contributed by atoms with Crippen LogP contribution in [0.5, 0.6) is 0 Å². The molecule has 1 aliphatic rings. The molecule has 2 heteroatoms. The van der Waals surface area contributed by atoms with Gasteiger partial charge in [0, 0.05) is 34.5 Å². The van der Waals surface area contributed by atoms with Gasteiger partial charge in [0.25, 0.3) is 0 Å². The Morgan fingerprint density at radius 3 is 1.85 bits per heavy atom. The summed E-state index contributed by atoms with van der Waals surface area (Å²) >= 11 is 0. The molecule has 7 aromatic rings. The van der Waals surface area contributed by atoms with E-state index in [0.29, 0.717) is 0 Å². The number of hydrogen-bond donors (Lipinski definition) is 0. The molecule has 184 valence electrons. The van der Waals surface area contributed by atoms with Crippen molar-refractivity contribution >= 4 is 49.4 Å². The van der Waals surface area contributed by atoms with Crippen LogP contribution in [0.3, 0.4) is 0 Å². The normalized spacial score (nSPS) is 12.9. The maximum atomic E-state index is 4.68. The molecule has 2 nitrogen and oxygen atoms in total. The van der Waals surface area contributed by atoms with E-state index in [0.717, 1.165) is 18.2 Å². The Labute approximate surface area is 227 Å². The summed E-state index contributed by atoms with van der Waals surface area (Å²) in [5.41, 5.74) is 8.94. The van der Waals surface area contributed by atoms with Crippen LogP contribution in [0, 0.1) is 0 Å². The Kier molecular flexibility index (Phi) is 4.99. The summed E-state index contributed by atoms with van der Waals surface area (Å²) in [5, 5.41) is 7.37. The molecule has 0 N–H and O–H groups in total. The average Bonchev–Trinajstić information content (AvgIpc) is 3.17. The first-order chi connectivity index (χ1) is 19.4. The first-order valence-electron chi connectivity index (χ1n) is 13.6. The molecule has 1 aliphatic heterocycles. The van der Waals surface area contributed by atoms with Gasteiger partial charge in [0.2, 0.25) is 0 Å². The Morgan fingerprint density at radius 1 is 0.487 bits per heavy atom. The summed E-state index contributed by atoms with van der Waals surface area (Å²) in [6, 6.07) is 44.1. The Balaban J connectivity index is 1.55. The Morgan fingerprint density at radius 2 is 1.08 bits per heavy atom. The lowest BCUT2D eigenvalue weighted by Crippen LogP contribution is -2.13. The Hall–Kier alpha value is -4.95. The van der Waals surface area contributed by atoms with E-state index in [9.17, 15) is 0 Å². The number of para-hydroxylation sites is 2. The predicted octanol–water partition coefficient (Wildman–Crippen LogP) is 9.78. The zero-order chi connectivity index (χ0) is 25.8. The SMILES string of the molecule is c1ccc2c(c1)CCc1ccccc1N2c1c2ccccc2c(-c2cccc3ccccc23)c2ccncc12. The number of benzene rings is 6. The van der Waals surface area contributed by atoms with E-state index < -0.39 is 0 Å². The topological polar surface area (TPSA) is 16.1 Å². The highest BCUT2D eigenvalue weighted by Gasteiger charge is 2.26. The molecule has 0 aliphatic carbocycles. The zero-order valence-electron chi connectivity index (χ0n) is 21.5. The highest BCUT2D eigenvalue weighted by atomic mass is 15.2. The fourth-order valence-corrected chi connectivity index (χ4v) is 6.49. The van der Waals surface area contributed by atoms with E-state index >= 15 is 0 Å². The van der Waals surface area contributed by atoms with Crippen molar-refractivity contribution < 1.29 is 0 Å². The Bertz CT molecular complexity index is 1930. The number of aromatic nitrogens is 1. The molecular weight excluding hydrogens is 472 g/mol. The number of pyridine rings is 1.